The maximum atomic E-state index is 13.2. The van der Waals surface area contributed by atoms with Crippen molar-refractivity contribution >= 4 is 34.6 Å². The molecule has 0 aliphatic carbocycles. The van der Waals surface area contributed by atoms with Crippen molar-refractivity contribution in [3.63, 3.8) is 0 Å². The topological polar surface area (TPSA) is 98.7 Å². The van der Waals surface area contributed by atoms with E-state index in [4.69, 9.17) is 16.6 Å². The van der Waals surface area contributed by atoms with Crippen LogP contribution in [0.3, 0.4) is 0 Å². The lowest BCUT2D eigenvalue weighted by atomic mass is 9.90. The number of Topliss-reactive ketones (excluding diaryl/α,β-unsaturated/α-hetero) is 1. The predicted octanol–water partition coefficient (Wildman–Crippen LogP) is 4.96. The van der Waals surface area contributed by atoms with Crippen molar-refractivity contribution in [2.24, 2.45) is 5.92 Å². The summed E-state index contributed by atoms with van der Waals surface area (Å²) in [6, 6.07) is 10.3. The van der Waals surface area contributed by atoms with Crippen molar-refractivity contribution in [2.75, 3.05) is 32.7 Å². The normalized spacial score (nSPS) is 18.1. The lowest BCUT2D eigenvalue weighted by Crippen LogP contribution is -2.63. The van der Waals surface area contributed by atoms with Crippen LogP contribution in [-0.2, 0) is 21.5 Å². The van der Waals surface area contributed by atoms with Crippen molar-refractivity contribution in [3.05, 3.63) is 70.5 Å². The summed E-state index contributed by atoms with van der Waals surface area (Å²) in [5, 5.41) is 16.2. The smallest absolute Gasteiger partial charge is 0.392 e. The van der Waals surface area contributed by atoms with Crippen LogP contribution in [0.4, 0.5) is 13.2 Å². The van der Waals surface area contributed by atoms with E-state index in [1.165, 1.54) is 24.5 Å². The molecule has 2 aromatic heterocycles. The highest BCUT2D eigenvalue weighted by Gasteiger charge is 2.41. The lowest BCUT2D eigenvalue weighted by Gasteiger charge is -2.47. The van der Waals surface area contributed by atoms with Gasteiger partial charge in [-0.15, -0.1) is 11.3 Å². The number of alkyl halides is 3. The van der Waals surface area contributed by atoms with Crippen LogP contribution < -0.4 is 5.32 Å². The van der Waals surface area contributed by atoms with E-state index in [0.29, 0.717) is 24.5 Å². The van der Waals surface area contributed by atoms with Gasteiger partial charge in [-0.25, -0.2) is 4.98 Å². The van der Waals surface area contributed by atoms with E-state index in [-0.39, 0.29) is 25.3 Å². The molecule has 238 valence electrons. The zero-order valence-electron chi connectivity index (χ0n) is 24.9. The number of nitrogens with one attached hydrogen (secondary N) is 1. The zero-order valence-corrected chi connectivity index (χ0v) is 26.4. The van der Waals surface area contributed by atoms with Gasteiger partial charge in [-0.2, -0.15) is 13.2 Å². The molecule has 8 nitrogen and oxygen atoms in total. The number of hydrogen-bond donors (Lipinski definition) is 2. The van der Waals surface area contributed by atoms with Gasteiger partial charge >= 0.3 is 6.18 Å². The Balaban J connectivity index is 1.49. The molecule has 44 heavy (non-hydrogen) atoms. The van der Waals surface area contributed by atoms with Gasteiger partial charge in [-0.3, -0.25) is 24.4 Å². The second-order valence-corrected chi connectivity index (χ2v) is 13.0. The number of aliphatic hydroxyl groups excluding tert-OH is 1. The molecular formula is C31H37ClF3N5O3S. The van der Waals surface area contributed by atoms with E-state index < -0.39 is 42.2 Å². The van der Waals surface area contributed by atoms with Crippen molar-refractivity contribution < 1.29 is 27.9 Å². The van der Waals surface area contributed by atoms with Gasteiger partial charge in [0.1, 0.15) is 23.4 Å². The lowest BCUT2D eigenvalue weighted by molar-refractivity contribution is -0.144. The minimum Gasteiger partial charge on any atom is -0.392 e. The molecule has 0 saturated carbocycles. The molecule has 0 unspecified atom stereocenters. The molecule has 4 rings (SSSR count). The Morgan fingerprint density at radius 2 is 1.91 bits per heavy atom. The Hall–Kier alpha value is -2.90. The number of amides is 1. The number of carbonyl (C=O) groups excluding carboxylic acids is 2. The molecule has 1 aliphatic rings. The average molecular weight is 652 g/mol. The SMILES string of the molecule is CC(=O)[C@H](Cc1ccccc1)C[C@H](O)CN1CCN(C(C)(C)c2csc(-c3cncc(Cl)c3)n2)C[C@H]1C(=O)NCC(F)(F)F. The van der Waals surface area contributed by atoms with E-state index in [0.717, 1.165) is 21.8 Å². The molecule has 3 atom stereocenters. The Morgan fingerprint density at radius 3 is 2.57 bits per heavy atom. The van der Waals surface area contributed by atoms with Crippen LogP contribution in [0.1, 0.15) is 38.4 Å². The first-order valence-electron chi connectivity index (χ1n) is 14.4. The molecule has 1 fully saturated rings. The number of thiazole rings is 1. The maximum absolute atomic E-state index is 13.2. The minimum atomic E-state index is -4.56. The third-order valence-corrected chi connectivity index (χ3v) is 9.13. The van der Waals surface area contributed by atoms with Crippen LogP contribution in [0.15, 0.2) is 54.2 Å². The molecule has 0 radical (unpaired) electrons. The summed E-state index contributed by atoms with van der Waals surface area (Å²) >= 11 is 7.53. The van der Waals surface area contributed by atoms with Gasteiger partial charge in [-0.1, -0.05) is 41.9 Å². The number of halogens is 4. The van der Waals surface area contributed by atoms with Gasteiger partial charge in [0.15, 0.2) is 0 Å². The molecule has 13 heteroatoms. The predicted molar refractivity (Wildman–Crippen MR) is 164 cm³/mol. The van der Waals surface area contributed by atoms with Crippen molar-refractivity contribution in [1.82, 2.24) is 25.1 Å². The molecule has 1 aromatic carbocycles. The summed E-state index contributed by atoms with van der Waals surface area (Å²) in [5.74, 6) is -1.26. The summed E-state index contributed by atoms with van der Waals surface area (Å²) < 4.78 is 39.0. The van der Waals surface area contributed by atoms with E-state index in [1.807, 2.05) is 59.8 Å². The largest absolute Gasteiger partial charge is 0.405 e. The number of β-amino-alcohol motifs (C(OH)–C–C–N with tert-alkyl or cyclic N) is 1. The Bertz CT molecular complexity index is 1420. The third kappa shape index (κ3) is 9.07. The summed E-state index contributed by atoms with van der Waals surface area (Å²) in [5.41, 5.74) is 1.81. The Labute approximate surface area is 264 Å². The first-order valence-corrected chi connectivity index (χ1v) is 15.6. The summed E-state index contributed by atoms with van der Waals surface area (Å²) in [4.78, 5) is 38.3. The van der Waals surface area contributed by atoms with E-state index in [1.54, 1.807) is 17.2 Å². The highest BCUT2D eigenvalue weighted by atomic mass is 35.5. The van der Waals surface area contributed by atoms with E-state index in [2.05, 4.69) is 4.98 Å². The van der Waals surface area contributed by atoms with Crippen LogP contribution in [0.25, 0.3) is 10.6 Å². The fourth-order valence-electron chi connectivity index (χ4n) is 5.44. The van der Waals surface area contributed by atoms with Crippen molar-refractivity contribution in [3.8, 4) is 10.6 Å². The number of hydrogen-bond acceptors (Lipinski definition) is 8. The molecule has 1 saturated heterocycles. The summed E-state index contributed by atoms with van der Waals surface area (Å²) in [7, 11) is 0. The second kappa shape index (κ2) is 14.5. The van der Waals surface area contributed by atoms with Gasteiger partial charge in [0.2, 0.25) is 5.91 Å². The number of carbonyl (C=O) groups is 2. The number of ketones is 1. The maximum Gasteiger partial charge on any atom is 0.405 e. The van der Waals surface area contributed by atoms with Gasteiger partial charge in [0, 0.05) is 55.4 Å². The first-order chi connectivity index (χ1) is 20.7. The highest BCUT2D eigenvalue weighted by Crippen LogP contribution is 2.34. The zero-order chi connectivity index (χ0) is 32.1. The van der Waals surface area contributed by atoms with E-state index >= 15 is 0 Å². The fourth-order valence-corrected chi connectivity index (χ4v) is 6.58. The van der Waals surface area contributed by atoms with Crippen LogP contribution in [0.5, 0.6) is 0 Å². The molecule has 3 heterocycles. The molecular weight excluding hydrogens is 615 g/mol. The standard InChI is InChI=1S/C31H37ClF3N5O3S/c1-20(41)22(11-21-7-5-4-6-8-21)13-25(42)16-39-9-10-40(17-26(39)28(43)37-19-31(33,34)35)30(2,3)27-18-44-29(38-27)23-12-24(32)15-36-14-23/h4-8,12,14-15,18,22,25-26,42H,9-11,13,16-17,19H2,1-3H3,(H,37,43)/t22-,25+,26+/m1/s1. The third-order valence-electron chi connectivity index (χ3n) is 8.03. The van der Waals surface area contributed by atoms with Gasteiger partial charge in [0.05, 0.1) is 22.4 Å². The van der Waals surface area contributed by atoms with Crippen LogP contribution in [0, 0.1) is 5.92 Å². The van der Waals surface area contributed by atoms with Crippen molar-refractivity contribution in [1.29, 1.82) is 0 Å². The Kier molecular flexibility index (Phi) is 11.2. The van der Waals surface area contributed by atoms with Gasteiger partial charge in [0.25, 0.3) is 0 Å². The molecule has 1 aliphatic heterocycles. The number of nitrogens with zero attached hydrogens (tertiary/aromatic N) is 4. The van der Waals surface area contributed by atoms with Crippen molar-refractivity contribution in [2.45, 2.75) is 57.5 Å². The minimum absolute atomic E-state index is 0.0412. The number of aliphatic hydroxyl groups is 1. The number of piperazine rings is 1. The summed E-state index contributed by atoms with van der Waals surface area (Å²) in [6.45, 7) is 4.92. The fraction of sp³-hybridized carbons (Fsp3) is 0.484. The number of benzene rings is 1. The highest BCUT2D eigenvalue weighted by molar-refractivity contribution is 7.13. The molecule has 0 spiro atoms. The summed E-state index contributed by atoms with van der Waals surface area (Å²) in [6.07, 6.45) is -1.68. The van der Waals surface area contributed by atoms with E-state index in [9.17, 15) is 27.9 Å². The van der Waals surface area contributed by atoms with Gasteiger partial charge < -0.3 is 10.4 Å². The van der Waals surface area contributed by atoms with Crippen LogP contribution >= 0.6 is 22.9 Å². The molecule has 0 bridgehead atoms. The quantitative estimate of drug-likeness (QED) is 0.286. The second-order valence-electron chi connectivity index (χ2n) is 11.7. The number of pyridine rings is 1. The van der Waals surface area contributed by atoms with Crippen LogP contribution in [-0.4, -0.2) is 87.6 Å². The first kappa shape index (κ1) is 34.0. The number of aromatic nitrogens is 2. The van der Waals surface area contributed by atoms with Gasteiger partial charge in [-0.05, 0) is 45.2 Å². The molecule has 3 aromatic rings. The monoisotopic (exact) mass is 651 g/mol. The Morgan fingerprint density at radius 1 is 1.18 bits per heavy atom. The molecule has 1 amide bonds. The molecule has 2 N–H and O–H groups in total. The average Bonchev–Trinajstić information content (AvgIpc) is 3.47. The number of rotatable bonds is 12. The van der Waals surface area contributed by atoms with Crippen LogP contribution in [0.2, 0.25) is 5.02 Å².